The highest BCUT2D eigenvalue weighted by Gasteiger charge is 2.47. The molecule has 0 aromatic heterocycles. The Morgan fingerprint density at radius 1 is 1.28 bits per heavy atom. The van der Waals surface area contributed by atoms with E-state index in [9.17, 15) is 4.79 Å². The summed E-state index contributed by atoms with van der Waals surface area (Å²) < 4.78 is 5.81. The van der Waals surface area contributed by atoms with Gasteiger partial charge in [0.25, 0.3) is 0 Å². The van der Waals surface area contributed by atoms with Crippen LogP contribution in [0.2, 0.25) is 0 Å². The van der Waals surface area contributed by atoms with Crippen molar-refractivity contribution < 1.29 is 9.53 Å². The minimum atomic E-state index is 0.335. The molecule has 1 heterocycles. The highest BCUT2D eigenvalue weighted by Crippen LogP contribution is 2.48. The maximum absolute atomic E-state index is 11.9. The van der Waals surface area contributed by atoms with E-state index in [1.165, 1.54) is 12.8 Å². The number of likely N-dealkylation sites (tertiary alicyclic amines) is 1. The summed E-state index contributed by atoms with van der Waals surface area (Å²) >= 11 is 0. The van der Waals surface area contributed by atoms with Crippen LogP contribution in [0.5, 0.6) is 0 Å². The molecule has 2 unspecified atom stereocenters. The van der Waals surface area contributed by atoms with Crippen LogP contribution in [-0.2, 0) is 9.53 Å². The molecular formula is C15H25NO2. The predicted molar refractivity (Wildman–Crippen MR) is 70.4 cm³/mol. The maximum atomic E-state index is 11.9. The molecule has 0 spiro atoms. The number of Topliss-reactive ketones (excluding diaryl/α,β-unsaturated/α-hetero) is 1. The van der Waals surface area contributed by atoms with Crippen molar-refractivity contribution in [1.82, 2.24) is 4.90 Å². The monoisotopic (exact) mass is 251 g/mol. The summed E-state index contributed by atoms with van der Waals surface area (Å²) in [6.07, 6.45) is 5.21. The average Bonchev–Trinajstić information content (AvgIpc) is 3.05. The second-order valence-electron chi connectivity index (χ2n) is 6.93. The Bertz CT molecular complexity index is 319. The molecular weight excluding hydrogens is 226 g/mol. The van der Waals surface area contributed by atoms with E-state index in [4.69, 9.17) is 4.74 Å². The third-order valence-corrected chi connectivity index (χ3v) is 4.86. The van der Waals surface area contributed by atoms with Gasteiger partial charge >= 0.3 is 0 Å². The lowest BCUT2D eigenvalue weighted by atomic mass is 9.95. The van der Waals surface area contributed by atoms with Gasteiger partial charge in [-0.1, -0.05) is 0 Å². The number of rotatable bonds is 5. The molecule has 18 heavy (non-hydrogen) atoms. The molecule has 0 N–H and O–H groups in total. The maximum Gasteiger partial charge on any atom is 0.141 e. The molecule has 0 aromatic rings. The van der Waals surface area contributed by atoms with Crippen LogP contribution in [0.3, 0.4) is 0 Å². The lowest BCUT2D eigenvalue weighted by molar-refractivity contribution is -0.127. The van der Waals surface area contributed by atoms with E-state index >= 15 is 0 Å². The van der Waals surface area contributed by atoms with Gasteiger partial charge in [-0.25, -0.2) is 0 Å². The van der Waals surface area contributed by atoms with E-state index in [1.807, 2.05) is 0 Å². The van der Waals surface area contributed by atoms with Crippen molar-refractivity contribution in [2.75, 3.05) is 26.2 Å². The van der Waals surface area contributed by atoms with Crippen LogP contribution in [0, 0.1) is 17.3 Å². The van der Waals surface area contributed by atoms with Crippen LogP contribution >= 0.6 is 0 Å². The first-order valence-corrected chi connectivity index (χ1v) is 7.46. The van der Waals surface area contributed by atoms with Gasteiger partial charge in [0.2, 0.25) is 0 Å². The van der Waals surface area contributed by atoms with E-state index in [1.54, 1.807) is 0 Å². The van der Waals surface area contributed by atoms with Gasteiger partial charge in [-0.2, -0.15) is 0 Å². The van der Waals surface area contributed by atoms with Gasteiger partial charge in [-0.15, -0.1) is 0 Å². The Labute approximate surface area is 110 Å². The molecule has 0 radical (unpaired) electrons. The number of carbonyl (C=O) groups is 1. The largest absolute Gasteiger partial charge is 0.378 e. The zero-order valence-corrected chi connectivity index (χ0v) is 11.7. The number of ketones is 1. The predicted octanol–water partition coefficient (Wildman–Crippen LogP) is 2.10. The average molecular weight is 251 g/mol. The molecule has 2 bridgehead atoms. The number of carbonyl (C=O) groups excluding carboxylic acids is 1. The van der Waals surface area contributed by atoms with Crippen molar-refractivity contribution in [2.45, 2.75) is 45.6 Å². The summed E-state index contributed by atoms with van der Waals surface area (Å²) in [6.45, 7) is 8.30. The van der Waals surface area contributed by atoms with Crippen molar-refractivity contribution in [3.05, 3.63) is 0 Å². The normalized spacial score (nSPS) is 34.3. The molecule has 3 heteroatoms. The van der Waals surface area contributed by atoms with Crippen molar-refractivity contribution >= 4 is 5.78 Å². The van der Waals surface area contributed by atoms with Gasteiger partial charge in [-0.05, 0) is 39.5 Å². The van der Waals surface area contributed by atoms with Gasteiger partial charge in [0.1, 0.15) is 5.78 Å². The van der Waals surface area contributed by atoms with Gasteiger partial charge < -0.3 is 9.64 Å². The van der Waals surface area contributed by atoms with Crippen LogP contribution in [0.15, 0.2) is 0 Å². The first kappa shape index (κ1) is 12.6. The Kier molecular flexibility index (Phi) is 3.23. The standard InChI is InChI=1S/C15H25NO2/c1-11(2)18-10-15(5-6-15)9-16-7-12-3-4-13(8-16)14(12)17/h11-13H,3-10H2,1-2H3. The van der Waals surface area contributed by atoms with Crippen LogP contribution < -0.4 is 0 Å². The van der Waals surface area contributed by atoms with E-state index in [2.05, 4.69) is 18.7 Å². The molecule has 1 saturated heterocycles. The smallest absolute Gasteiger partial charge is 0.141 e. The summed E-state index contributed by atoms with van der Waals surface area (Å²) in [4.78, 5) is 14.4. The fourth-order valence-corrected chi connectivity index (χ4v) is 3.55. The van der Waals surface area contributed by atoms with Crippen molar-refractivity contribution in [3.63, 3.8) is 0 Å². The van der Waals surface area contributed by atoms with E-state index in [0.717, 1.165) is 39.1 Å². The number of nitrogens with zero attached hydrogens (tertiary/aromatic N) is 1. The van der Waals surface area contributed by atoms with Gasteiger partial charge in [0, 0.05) is 36.9 Å². The molecule has 0 amide bonds. The number of hydrogen-bond acceptors (Lipinski definition) is 3. The van der Waals surface area contributed by atoms with Gasteiger partial charge in [0.05, 0.1) is 12.7 Å². The quantitative estimate of drug-likeness (QED) is 0.749. The molecule has 2 saturated carbocycles. The third-order valence-electron chi connectivity index (χ3n) is 4.86. The van der Waals surface area contributed by atoms with Crippen molar-refractivity contribution in [1.29, 1.82) is 0 Å². The number of hydrogen-bond donors (Lipinski definition) is 0. The first-order valence-electron chi connectivity index (χ1n) is 7.46. The van der Waals surface area contributed by atoms with E-state index < -0.39 is 0 Å². The fraction of sp³-hybridized carbons (Fsp3) is 0.933. The minimum Gasteiger partial charge on any atom is -0.378 e. The lowest BCUT2D eigenvalue weighted by Crippen LogP contribution is -2.45. The summed E-state index contributed by atoms with van der Waals surface area (Å²) in [5, 5.41) is 0. The number of piperidine rings is 1. The Morgan fingerprint density at radius 2 is 1.89 bits per heavy atom. The minimum absolute atomic E-state index is 0.335. The SMILES string of the molecule is CC(C)OCC1(CN2CC3CCC(C2)C3=O)CC1. The summed E-state index contributed by atoms with van der Waals surface area (Å²) in [7, 11) is 0. The molecule has 1 aliphatic heterocycles. The molecule has 3 aliphatic rings. The fourth-order valence-electron chi connectivity index (χ4n) is 3.55. The first-order chi connectivity index (χ1) is 8.58. The molecule has 3 nitrogen and oxygen atoms in total. The van der Waals surface area contributed by atoms with Gasteiger partial charge in [0.15, 0.2) is 0 Å². The van der Waals surface area contributed by atoms with Crippen LogP contribution in [0.25, 0.3) is 0 Å². The zero-order chi connectivity index (χ0) is 12.8. The Balaban J connectivity index is 1.53. The Hall–Kier alpha value is -0.410. The molecule has 2 atom stereocenters. The molecule has 3 rings (SSSR count). The lowest BCUT2D eigenvalue weighted by Gasteiger charge is -2.33. The van der Waals surface area contributed by atoms with E-state index in [0.29, 0.717) is 29.1 Å². The van der Waals surface area contributed by atoms with Crippen LogP contribution in [0.1, 0.15) is 39.5 Å². The zero-order valence-electron chi connectivity index (χ0n) is 11.7. The summed E-state index contributed by atoms with van der Waals surface area (Å²) in [5.41, 5.74) is 0.421. The second kappa shape index (κ2) is 4.61. The van der Waals surface area contributed by atoms with Crippen molar-refractivity contribution in [3.8, 4) is 0 Å². The number of fused-ring (bicyclic) bond motifs is 2. The Morgan fingerprint density at radius 3 is 2.39 bits per heavy atom. The van der Waals surface area contributed by atoms with Gasteiger partial charge in [-0.3, -0.25) is 4.79 Å². The van der Waals surface area contributed by atoms with Crippen LogP contribution in [-0.4, -0.2) is 43.0 Å². The molecule has 3 fully saturated rings. The number of ether oxygens (including phenoxy) is 1. The third kappa shape index (κ3) is 2.48. The van der Waals surface area contributed by atoms with E-state index in [-0.39, 0.29) is 0 Å². The molecule has 2 aliphatic carbocycles. The molecule has 102 valence electrons. The summed E-state index contributed by atoms with van der Waals surface area (Å²) in [6, 6.07) is 0. The van der Waals surface area contributed by atoms with Crippen LogP contribution in [0.4, 0.5) is 0 Å². The summed E-state index contributed by atoms with van der Waals surface area (Å²) in [5.74, 6) is 1.26. The topological polar surface area (TPSA) is 29.5 Å². The van der Waals surface area contributed by atoms with Crippen molar-refractivity contribution in [2.24, 2.45) is 17.3 Å². The molecule has 0 aromatic carbocycles. The highest BCUT2D eigenvalue weighted by atomic mass is 16.5. The second-order valence-corrected chi connectivity index (χ2v) is 6.93. The highest BCUT2D eigenvalue weighted by molar-refractivity contribution is 5.86.